The Morgan fingerprint density at radius 1 is 1.13 bits per heavy atom. The van der Waals surface area contributed by atoms with Gasteiger partial charge >= 0.3 is 18.1 Å². The molecule has 0 spiro atoms. The Balaban J connectivity index is 1.69. The van der Waals surface area contributed by atoms with Gasteiger partial charge in [-0.15, -0.1) is 11.3 Å². The van der Waals surface area contributed by atoms with Crippen molar-refractivity contribution in [2.45, 2.75) is 6.18 Å². The van der Waals surface area contributed by atoms with E-state index < -0.39 is 35.0 Å². The number of nitrogens with one attached hydrogen (secondary N) is 1. The number of rotatable bonds is 4. The van der Waals surface area contributed by atoms with Crippen LogP contribution >= 0.6 is 11.3 Å². The summed E-state index contributed by atoms with van der Waals surface area (Å²) in [6.45, 7) is 0. The van der Waals surface area contributed by atoms with Gasteiger partial charge in [0, 0.05) is 10.9 Å². The summed E-state index contributed by atoms with van der Waals surface area (Å²) < 4.78 is 58.0. The summed E-state index contributed by atoms with van der Waals surface area (Å²) in [5.41, 5.74) is -1.40. The Morgan fingerprint density at radius 3 is 2.52 bits per heavy atom. The van der Waals surface area contributed by atoms with E-state index in [0.29, 0.717) is 17.2 Å². The van der Waals surface area contributed by atoms with Gasteiger partial charge in [-0.1, -0.05) is 12.1 Å². The van der Waals surface area contributed by atoms with Crippen molar-refractivity contribution >= 4 is 40.0 Å². The molecule has 0 unspecified atom stereocenters. The number of oxazole rings is 1. The Hall–Kier alpha value is -3.73. The topological polar surface area (TPSA) is 92.4 Å². The summed E-state index contributed by atoms with van der Waals surface area (Å²) in [6.07, 6.45) is -4.75. The maximum atomic E-state index is 14.4. The number of anilines is 1. The predicted octanol–water partition coefficient (Wildman–Crippen LogP) is 5.66. The van der Waals surface area contributed by atoms with Crippen molar-refractivity contribution in [3.8, 4) is 10.4 Å². The van der Waals surface area contributed by atoms with E-state index in [9.17, 15) is 32.3 Å². The van der Waals surface area contributed by atoms with Crippen LogP contribution < -0.4 is 5.32 Å². The minimum Gasteiger partial charge on any atom is -0.478 e. The summed E-state index contributed by atoms with van der Waals surface area (Å²) >= 11 is 0.759. The molecule has 2 N–H and O–H groups in total. The molecule has 0 fully saturated rings. The monoisotopic (exact) mass is 450 g/mol. The third kappa shape index (κ3) is 3.87. The summed E-state index contributed by atoms with van der Waals surface area (Å²) in [5, 5.41) is 13.2. The number of thiophene rings is 1. The Kier molecular flexibility index (Phi) is 4.97. The molecule has 11 heteroatoms. The molecule has 0 bridgehead atoms. The lowest BCUT2D eigenvalue weighted by atomic mass is 10.1. The van der Waals surface area contributed by atoms with Gasteiger partial charge in [-0.25, -0.2) is 14.2 Å². The minimum atomic E-state index is -4.75. The van der Waals surface area contributed by atoms with Crippen LogP contribution in [0, 0.1) is 5.82 Å². The van der Waals surface area contributed by atoms with Crippen molar-refractivity contribution in [1.82, 2.24) is 4.98 Å². The number of hydrogen-bond donors (Lipinski definition) is 2. The van der Waals surface area contributed by atoms with Crippen LogP contribution in [0.5, 0.6) is 0 Å². The molecule has 2 aromatic heterocycles. The number of nitrogens with zero attached hydrogens (tertiary/aromatic N) is 1. The summed E-state index contributed by atoms with van der Waals surface area (Å²) in [6, 6.07) is 8.38. The highest BCUT2D eigenvalue weighted by Crippen LogP contribution is 2.39. The summed E-state index contributed by atoms with van der Waals surface area (Å²) in [5.74, 6) is -3.89. The van der Waals surface area contributed by atoms with Gasteiger partial charge in [0.25, 0.3) is 5.89 Å². The van der Waals surface area contributed by atoms with E-state index in [4.69, 9.17) is 4.42 Å². The average molecular weight is 450 g/mol. The van der Waals surface area contributed by atoms with Crippen molar-refractivity contribution in [3.63, 3.8) is 0 Å². The first-order chi connectivity index (χ1) is 14.6. The molecule has 4 aromatic rings. The van der Waals surface area contributed by atoms with Gasteiger partial charge in [0.2, 0.25) is 0 Å². The van der Waals surface area contributed by atoms with Gasteiger partial charge in [-0.3, -0.25) is 4.79 Å². The Morgan fingerprint density at radius 2 is 1.87 bits per heavy atom. The van der Waals surface area contributed by atoms with E-state index in [1.807, 2.05) is 0 Å². The molecule has 0 aliphatic rings. The van der Waals surface area contributed by atoms with E-state index in [1.54, 1.807) is 24.3 Å². The average Bonchev–Trinajstić information content (AvgIpc) is 3.31. The number of carbonyl (C=O) groups is 2. The Labute approximate surface area is 174 Å². The Bertz CT molecular complexity index is 1290. The fraction of sp³-hybridized carbons (Fsp3) is 0.0500. The number of carboxylic acid groups (broad SMARTS) is 1. The molecule has 31 heavy (non-hydrogen) atoms. The number of fused-ring (bicyclic) bond motifs is 1. The fourth-order valence-electron chi connectivity index (χ4n) is 2.88. The van der Waals surface area contributed by atoms with Crippen LogP contribution in [0.4, 0.5) is 23.2 Å². The lowest BCUT2D eigenvalue weighted by molar-refractivity contribution is -0.137. The standard InChI is InChI=1S/C20H10F4N2O4S/c21-11-7-9(20(22,23)24)5-6-10(11)16-15(19(28)29)13(8-31-16)25-17(27)18-26-12-3-1-2-4-14(12)30-18/h1-8H,(H,25,27)(H,28,29). The van der Waals surface area contributed by atoms with E-state index in [-0.39, 0.29) is 28.1 Å². The molecule has 0 radical (unpaired) electrons. The normalized spacial score (nSPS) is 11.6. The van der Waals surface area contributed by atoms with Gasteiger partial charge in [-0.2, -0.15) is 13.2 Å². The van der Waals surface area contributed by atoms with Crippen LogP contribution in [0.15, 0.2) is 52.3 Å². The predicted molar refractivity (Wildman–Crippen MR) is 104 cm³/mol. The number of hydrogen-bond acceptors (Lipinski definition) is 5. The fourth-order valence-corrected chi connectivity index (χ4v) is 3.90. The molecule has 0 saturated carbocycles. The van der Waals surface area contributed by atoms with Gasteiger partial charge in [0.15, 0.2) is 5.58 Å². The highest BCUT2D eigenvalue weighted by atomic mass is 32.1. The number of aromatic nitrogens is 1. The molecule has 0 aliphatic heterocycles. The lowest BCUT2D eigenvalue weighted by Gasteiger charge is -2.09. The van der Waals surface area contributed by atoms with Crippen LogP contribution in [-0.4, -0.2) is 22.0 Å². The SMILES string of the molecule is O=C(Nc1csc(-c2ccc(C(F)(F)F)cc2F)c1C(=O)O)c1nc2ccccc2o1. The van der Waals surface area contributed by atoms with Gasteiger partial charge in [0.05, 0.1) is 16.1 Å². The first-order valence-electron chi connectivity index (χ1n) is 8.54. The molecule has 6 nitrogen and oxygen atoms in total. The zero-order valence-corrected chi connectivity index (χ0v) is 16.0. The summed E-state index contributed by atoms with van der Waals surface area (Å²) in [7, 11) is 0. The molecule has 1 amide bonds. The number of aromatic carboxylic acids is 1. The molecule has 2 heterocycles. The van der Waals surface area contributed by atoms with Crippen molar-refractivity contribution in [3.05, 3.63) is 70.7 Å². The van der Waals surface area contributed by atoms with E-state index in [2.05, 4.69) is 10.3 Å². The highest BCUT2D eigenvalue weighted by molar-refractivity contribution is 7.14. The van der Waals surface area contributed by atoms with Gasteiger partial charge < -0.3 is 14.8 Å². The van der Waals surface area contributed by atoms with Crippen LogP contribution in [0.25, 0.3) is 21.5 Å². The van der Waals surface area contributed by atoms with Crippen molar-refractivity contribution in [1.29, 1.82) is 0 Å². The van der Waals surface area contributed by atoms with Crippen LogP contribution in [0.1, 0.15) is 26.6 Å². The first kappa shape index (κ1) is 20.5. The minimum absolute atomic E-state index is 0.147. The zero-order chi connectivity index (χ0) is 22.3. The number of para-hydroxylation sites is 2. The first-order valence-corrected chi connectivity index (χ1v) is 9.42. The van der Waals surface area contributed by atoms with Gasteiger partial charge in [-0.05, 0) is 30.3 Å². The van der Waals surface area contributed by atoms with Crippen molar-refractivity contribution < 1.29 is 36.7 Å². The van der Waals surface area contributed by atoms with Crippen molar-refractivity contribution in [2.75, 3.05) is 5.32 Å². The molecular formula is C20H10F4N2O4S. The van der Waals surface area contributed by atoms with Gasteiger partial charge in [0.1, 0.15) is 16.9 Å². The van der Waals surface area contributed by atoms with E-state index >= 15 is 0 Å². The third-order valence-corrected chi connectivity index (χ3v) is 5.30. The molecule has 0 saturated heterocycles. The zero-order valence-electron chi connectivity index (χ0n) is 15.2. The second-order valence-corrected chi connectivity index (χ2v) is 7.17. The number of amides is 1. The molecule has 0 atom stereocenters. The maximum Gasteiger partial charge on any atom is 0.416 e. The molecule has 4 rings (SSSR count). The number of alkyl halides is 3. The molecule has 2 aromatic carbocycles. The number of halogens is 4. The second-order valence-electron chi connectivity index (χ2n) is 6.29. The maximum absolute atomic E-state index is 14.4. The third-order valence-electron chi connectivity index (χ3n) is 4.28. The number of benzene rings is 2. The number of carboxylic acids is 1. The highest BCUT2D eigenvalue weighted by Gasteiger charge is 2.32. The molecule has 158 valence electrons. The molecule has 0 aliphatic carbocycles. The molecular weight excluding hydrogens is 440 g/mol. The lowest BCUT2D eigenvalue weighted by Crippen LogP contribution is -2.14. The van der Waals surface area contributed by atoms with Crippen LogP contribution in [0.2, 0.25) is 0 Å². The largest absolute Gasteiger partial charge is 0.478 e. The second kappa shape index (κ2) is 7.51. The van der Waals surface area contributed by atoms with E-state index in [0.717, 1.165) is 17.4 Å². The number of carbonyl (C=O) groups excluding carboxylic acids is 1. The van der Waals surface area contributed by atoms with Crippen molar-refractivity contribution in [2.24, 2.45) is 0 Å². The van der Waals surface area contributed by atoms with Crippen LogP contribution in [0.3, 0.4) is 0 Å². The van der Waals surface area contributed by atoms with E-state index in [1.165, 1.54) is 5.38 Å². The van der Waals surface area contributed by atoms with Crippen LogP contribution in [-0.2, 0) is 6.18 Å². The quantitative estimate of drug-likeness (QED) is 0.391. The smallest absolute Gasteiger partial charge is 0.416 e. The summed E-state index contributed by atoms with van der Waals surface area (Å²) in [4.78, 5) is 28.1.